The number of nitrogens with zero attached hydrogens (tertiary/aromatic N) is 1. The number of nitrogens with one attached hydrogen (secondary N) is 1. The highest BCUT2D eigenvalue weighted by Gasteiger charge is 2.05. The van der Waals surface area contributed by atoms with Gasteiger partial charge in [0.1, 0.15) is 5.76 Å². The van der Waals surface area contributed by atoms with E-state index in [1.54, 1.807) is 25.1 Å². The standard InChI is InChI=1S/C15H17BrN2O2/c1-11(19)18(2)10-12-4-3-5-13(8-12)17-9-15-14(16)6-7-20-15/h3-8,17H,9-10H2,1-2H3. The molecule has 20 heavy (non-hydrogen) atoms. The lowest BCUT2D eigenvalue weighted by Crippen LogP contribution is -2.22. The predicted molar refractivity (Wildman–Crippen MR) is 82.3 cm³/mol. The number of anilines is 1. The normalized spacial score (nSPS) is 10.3. The van der Waals surface area contributed by atoms with E-state index in [0.29, 0.717) is 13.1 Å². The lowest BCUT2D eigenvalue weighted by Gasteiger charge is -2.15. The molecule has 0 aliphatic rings. The molecular formula is C15H17BrN2O2. The second-order valence-corrected chi connectivity index (χ2v) is 5.48. The molecule has 2 aromatic rings. The van der Waals surface area contributed by atoms with Gasteiger partial charge in [-0.1, -0.05) is 12.1 Å². The first-order valence-corrected chi connectivity index (χ1v) is 7.12. The van der Waals surface area contributed by atoms with Gasteiger partial charge in [0, 0.05) is 26.2 Å². The fraction of sp³-hybridized carbons (Fsp3) is 0.267. The Kier molecular flexibility index (Phi) is 4.84. The number of amides is 1. The summed E-state index contributed by atoms with van der Waals surface area (Å²) < 4.78 is 6.31. The SMILES string of the molecule is CC(=O)N(C)Cc1cccc(NCc2occc2Br)c1. The highest BCUT2D eigenvalue weighted by atomic mass is 79.9. The van der Waals surface area contributed by atoms with Gasteiger partial charge in [0.05, 0.1) is 17.3 Å². The van der Waals surface area contributed by atoms with E-state index in [4.69, 9.17) is 4.42 Å². The molecule has 1 heterocycles. The van der Waals surface area contributed by atoms with Crippen LogP contribution >= 0.6 is 15.9 Å². The molecule has 0 aliphatic carbocycles. The van der Waals surface area contributed by atoms with Crippen LogP contribution in [0.25, 0.3) is 0 Å². The summed E-state index contributed by atoms with van der Waals surface area (Å²) >= 11 is 3.43. The van der Waals surface area contributed by atoms with Gasteiger partial charge < -0.3 is 14.6 Å². The summed E-state index contributed by atoms with van der Waals surface area (Å²) in [6.45, 7) is 2.78. The molecule has 0 saturated carbocycles. The Balaban J connectivity index is 1.99. The molecule has 1 amide bonds. The lowest BCUT2D eigenvalue weighted by atomic mass is 10.2. The van der Waals surface area contributed by atoms with Gasteiger partial charge in [-0.15, -0.1) is 0 Å². The van der Waals surface area contributed by atoms with Gasteiger partial charge in [0.15, 0.2) is 0 Å². The van der Waals surface area contributed by atoms with E-state index >= 15 is 0 Å². The van der Waals surface area contributed by atoms with Crippen molar-refractivity contribution in [3.63, 3.8) is 0 Å². The Morgan fingerprint density at radius 2 is 2.20 bits per heavy atom. The molecular weight excluding hydrogens is 320 g/mol. The highest BCUT2D eigenvalue weighted by molar-refractivity contribution is 9.10. The molecule has 2 rings (SSSR count). The first-order valence-electron chi connectivity index (χ1n) is 6.32. The summed E-state index contributed by atoms with van der Waals surface area (Å²) in [5.41, 5.74) is 2.09. The van der Waals surface area contributed by atoms with Gasteiger partial charge in [-0.25, -0.2) is 0 Å². The van der Waals surface area contributed by atoms with Crippen LogP contribution in [0, 0.1) is 0 Å². The fourth-order valence-corrected chi connectivity index (χ4v) is 2.14. The first kappa shape index (κ1) is 14.7. The summed E-state index contributed by atoms with van der Waals surface area (Å²) in [4.78, 5) is 12.9. The van der Waals surface area contributed by atoms with Gasteiger partial charge >= 0.3 is 0 Å². The van der Waals surface area contributed by atoms with Gasteiger partial charge in [-0.3, -0.25) is 4.79 Å². The van der Waals surface area contributed by atoms with Crippen LogP contribution in [0.3, 0.4) is 0 Å². The van der Waals surface area contributed by atoms with E-state index in [0.717, 1.165) is 21.5 Å². The largest absolute Gasteiger partial charge is 0.466 e. The van der Waals surface area contributed by atoms with Gasteiger partial charge in [-0.2, -0.15) is 0 Å². The molecule has 106 valence electrons. The number of furan rings is 1. The number of carbonyl (C=O) groups excluding carboxylic acids is 1. The zero-order valence-electron chi connectivity index (χ0n) is 11.5. The number of halogens is 1. The molecule has 0 radical (unpaired) electrons. The van der Waals surface area contributed by atoms with Crippen molar-refractivity contribution in [3.05, 3.63) is 52.4 Å². The van der Waals surface area contributed by atoms with E-state index in [2.05, 4.69) is 21.2 Å². The smallest absolute Gasteiger partial charge is 0.219 e. The molecule has 5 heteroatoms. The Bertz CT molecular complexity index is 595. The molecule has 0 atom stereocenters. The average Bonchev–Trinajstić information content (AvgIpc) is 2.82. The summed E-state index contributed by atoms with van der Waals surface area (Å²) in [6, 6.07) is 9.88. The van der Waals surface area contributed by atoms with Crippen molar-refractivity contribution in [2.24, 2.45) is 0 Å². The highest BCUT2D eigenvalue weighted by Crippen LogP contribution is 2.19. The van der Waals surface area contributed by atoms with Crippen LogP contribution < -0.4 is 5.32 Å². The molecule has 4 nitrogen and oxygen atoms in total. The lowest BCUT2D eigenvalue weighted by molar-refractivity contribution is -0.128. The third kappa shape index (κ3) is 3.87. The summed E-state index contributed by atoms with van der Waals surface area (Å²) in [5, 5.41) is 3.30. The van der Waals surface area contributed by atoms with Crippen molar-refractivity contribution in [1.82, 2.24) is 4.90 Å². The first-order chi connectivity index (χ1) is 9.56. The Morgan fingerprint density at radius 3 is 2.85 bits per heavy atom. The second kappa shape index (κ2) is 6.61. The molecule has 0 bridgehead atoms. The van der Waals surface area contributed by atoms with E-state index in [1.807, 2.05) is 30.3 Å². The van der Waals surface area contributed by atoms with E-state index in [9.17, 15) is 4.79 Å². The van der Waals surface area contributed by atoms with E-state index in [1.165, 1.54) is 0 Å². The Morgan fingerprint density at radius 1 is 1.40 bits per heavy atom. The maximum Gasteiger partial charge on any atom is 0.219 e. The van der Waals surface area contributed by atoms with Crippen LogP contribution in [-0.4, -0.2) is 17.9 Å². The average molecular weight is 337 g/mol. The minimum atomic E-state index is 0.0582. The Labute approximate surface area is 126 Å². The molecule has 0 spiro atoms. The molecule has 1 aromatic carbocycles. The fourth-order valence-electron chi connectivity index (χ4n) is 1.80. The van der Waals surface area contributed by atoms with Crippen molar-refractivity contribution < 1.29 is 9.21 Å². The van der Waals surface area contributed by atoms with Crippen molar-refractivity contribution in [2.75, 3.05) is 12.4 Å². The predicted octanol–water partition coefficient (Wildman–Crippen LogP) is 3.63. The van der Waals surface area contributed by atoms with Gasteiger partial charge in [0.2, 0.25) is 5.91 Å². The molecule has 1 N–H and O–H groups in total. The number of rotatable bonds is 5. The van der Waals surface area contributed by atoms with Crippen LogP contribution in [-0.2, 0) is 17.9 Å². The Hall–Kier alpha value is -1.75. The summed E-state index contributed by atoms with van der Waals surface area (Å²) in [5.74, 6) is 0.916. The van der Waals surface area contributed by atoms with Crippen LogP contribution in [0.5, 0.6) is 0 Å². The third-order valence-corrected chi connectivity index (χ3v) is 3.73. The summed E-state index contributed by atoms with van der Waals surface area (Å²) in [6.07, 6.45) is 1.65. The maximum atomic E-state index is 11.2. The number of benzene rings is 1. The monoisotopic (exact) mass is 336 g/mol. The second-order valence-electron chi connectivity index (χ2n) is 4.62. The maximum absolute atomic E-state index is 11.2. The van der Waals surface area contributed by atoms with Crippen molar-refractivity contribution >= 4 is 27.5 Å². The number of hydrogen-bond donors (Lipinski definition) is 1. The molecule has 0 fully saturated rings. The van der Waals surface area contributed by atoms with Crippen LogP contribution in [0.1, 0.15) is 18.2 Å². The molecule has 0 aliphatic heterocycles. The van der Waals surface area contributed by atoms with Crippen LogP contribution in [0.2, 0.25) is 0 Å². The van der Waals surface area contributed by atoms with E-state index in [-0.39, 0.29) is 5.91 Å². The zero-order chi connectivity index (χ0) is 14.5. The van der Waals surface area contributed by atoms with Gasteiger partial charge in [-0.05, 0) is 39.7 Å². The van der Waals surface area contributed by atoms with Crippen molar-refractivity contribution in [3.8, 4) is 0 Å². The van der Waals surface area contributed by atoms with Crippen LogP contribution in [0.15, 0.2) is 45.5 Å². The minimum Gasteiger partial charge on any atom is -0.466 e. The quantitative estimate of drug-likeness (QED) is 0.906. The molecule has 0 unspecified atom stereocenters. The summed E-state index contributed by atoms with van der Waals surface area (Å²) in [7, 11) is 1.79. The topological polar surface area (TPSA) is 45.5 Å². The van der Waals surface area contributed by atoms with Gasteiger partial charge in [0.25, 0.3) is 0 Å². The molecule has 0 saturated heterocycles. The minimum absolute atomic E-state index is 0.0582. The van der Waals surface area contributed by atoms with Crippen molar-refractivity contribution in [2.45, 2.75) is 20.0 Å². The van der Waals surface area contributed by atoms with E-state index < -0.39 is 0 Å². The van der Waals surface area contributed by atoms with Crippen LogP contribution in [0.4, 0.5) is 5.69 Å². The number of carbonyl (C=O) groups is 1. The zero-order valence-corrected chi connectivity index (χ0v) is 13.1. The molecule has 1 aromatic heterocycles. The third-order valence-electron chi connectivity index (χ3n) is 3.03. The number of hydrogen-bond acceptors (Lipinski definition) is 3. The van der Waals surface area contributed by atoms with Crippen molar-refractivity contribution in [1.29, 1.82) is 0 Å².